The van der Waals surface area contributed by atoms with Crippen LogP contribution < -0.4 is 0 Å². The van der Waals surface area contributed by atoms with Crippen LogP contribution in [0.25, 0.3) is 0 Å². The monoisotopic (exact) mass is 224 g/mol. The van der Waals surface area contributed by atoms with Crippen molar-refractivity contribution in [2.75, 3.05) is 0 Å². The van der Waals surface area contributed by atoms with Crippen LogP contribution in [0.2, 0.25) is 0 Å². The maximum Gasteiger partial charge on any atom is 0.0412 e. The second-order valence-corrected chi connectivity index (χ2v) is 4.18. The van der Waals surface area contributed by atoms with Gasteiger partial charge in [0.2, 0.25) is 0 Å². The molecule has 0 heteroatoms. The fraction of sp³-hybridized carbons (Fsp3) is 0.235. The lowest BCUT2D eigenvalue weighted by Crippen LogP contribution is -1.93. The number of hydrogen-bond donors (Lipinski definition) is 0. The Bertz CT molecular complexity index is 502. The van der Waals surface area contributed by atoms with Gasteiger partial charge in [0.25, 0.3) is 0 Å². The normalized spacial score (nSPS) is 11.6. The molecule has 0 bridgehead atoms. The summed E-state index contributed by atoms with van der Waals surface area (Å²) in [6.07, 6.45) is 2.69. The minimum absolute atomic E-state index is 0.605. The zero-order chi connectivity index (χ0) is 13.0. The van der Waals surface area contributed by atoms with Crippen LogP contribution in [0.4, 0.5) is 0 Å². The summed E-state index contributed by atoms with van der Waals surface area (Å²) in [5, 5.41) is 0. The number of hydrogen-bond acceptors (Lipinski definition) is 0. The van der Waals surface area contributed by atoms with Gasteiger partial charge in [0.1, 0.15) is 0 Å². The largest absolute Gasteiger partial charge is 0.0622 e. The molecule has 0 nitrogen and oxygen atoms in total. The molecule has 0 heterocycles. The van der Waals surface area contributed by atoms with Crippen LogP contribution >= 0.6 is 0 Å². The van der Waals surface area contributed by atoms with E-state index in [1.807, 2.05) is 30.3 Å². The summed E-state index contributed by atoms with van der Waals surface area (Å²) in [5.41, 5.74) is 4.73. The van der Waals surface area contributed by atoms with Crippen molar-refractivity contribution in [3.63, 3.8) is 0 Å². The topological polar surface area (TPSA) is 0 Å². The minimum Gasteiger partial charge on any atom is -0.0622 e. The smallest absolute Gasteiger partial charge is 0.0412 e. The molecule has 2 aromatic carbocycles. The molecule has 0 fully saturated rings. The highest BCUT2D eigenvalue weighted by Gasteiger charge is 2.02. The zero-order valence-corrected chi connectivity index (χ0v) is 10.5. The molecule has 0 aliphatic heterocycles. The molecular formula is C17H19. The van der Waals surface area contributed by atoms with Crippen LogP contribution in [0.15, 0.2) is 48.5 Å². The van der Waals surface area contributed by atoms with Crippen LogP contribution in [-0.2, 0) is 12.8 Å². The lowest BCUT2D eigenvalue weighted by Gasteiger charge is -2.08. The van der Waals surface area contributed by atoms with Crippen molar-refractivity contribution in [3.05, 3.63) is 77.2 Å². The SMILES string of the molecule is [2H][C](c1ccccc1)c1ccc(CC)c(CC)c1. The van der Waals surface area contributed by atoms with Gasteiger partial charge in [0, 0.05) is 7.77 Å². The molecule has 0 saturated heterocycles. The lowest BCUT2D eigenvalue weighted by atomic mass is 9.97. The predicted octanol–water partition coefficient (Wildman–Crippen LogP) is 4.41. The molecule has 0 N–H and O–H groups in total. The van der Waals surface area contributed by atoms with Crippen molar-refractivity contribution in [2.45, 2.75) is 26.7 Å². The molecule has 87 valence electrons. The molecule has 0 saturated carbocycles. The van der Waals surface area contributed by atoms with Gasteiger partial charge in [-0.1, -0.05) is 62.4 Å². The first kappa shape index (κ1) is 10.6. The molecule has 0 unspecified atom stereocenters. The average Bonchev–Trinajstić information content (AvgIpc) is 2.46. The molecule has 1 radical (unpaired) electrons. The van der Waals surface area contributed by atoms with Gasteiger partial charge in [0.15, 0.2) is 0 Å². The van der Waals surface area contributed by atoms with Crippen LogP contribution in [0.3, 0.4) is 0 Å². The second kappa shape index (κ2) is 5.67. The van der Waals surface area contributed by atoms with Crippen LogP contribution in [0, 0.1) is 6.40 Å². The first-order valence-corrected chi connectivity index (χ1v) is 6.27. The molecule has 0 amide bonds. The Labute approximate surface area is 106 Å². The average molecular weight is 224 g/mol. The fourth-order valence-electron chi connectivity index (χ4n) is 2.07. The number of benzene rings is 2. The Kier molecular flexibility index (Phi) is 3.53. The van der Waals surface area contributed by atoms with Crippen molar-refractivity contribution >= 4 is 0 Å². The predicted molar refractivity (Wildman–Crippen MR) is 74.1 cm³/mol. The molecule has 2 aromatic rings. The maximum absolute atomic E-state index is 8.27. The van der Waals surface area contributed by atoms with Gasteiger partial charge in [-0.25, -0.2) is 0 Å². The van der Waals surface area contributed by atoms with E-state index in [0.717, 1.165) is 24.0 Å². The Morgan fingerprint density at radius 2 is 1.59 bits per heavy atom. The van der Waals surface area contributed by atoms with Crippen LogP contribution in [0.5, 0.6) is 0 Å². The first-order valence-electron chi connectivity index (χ1n) is 6.77. The Hall–Kier alpha value is -1.56. The second-order valence-electron chi connectivity index (χ2n) is 4.18. The highest BCUT2D eigenvalue weighted by molar-refractivity contribution is 5.41. The van der Waals surface area contributed by atoms with Gasteiger partial charge >= 0.3 is 0 Å². The van der Waals surface area contributed by atoms with Crippen LogP contribution in [0.1, 0.15) is 37.5 Å². The summed E-state index contributed by atoms with van der Waals surface area (Å²) >= 11 is 0. The Balaban J connectivity index is 2.34. The lowest BCUT2D eigenvalue weighted by molar-refractivity contribution is 1.03. The van der Waals surface area contributed by atoms with Gasteiger partial charge in [0.05, 0.1) is 0 Å². The van der Waals surface area contributed by atoms with E-state index in [9.17, 15) is 0 Å². The third-order valence-electron chi connectivity index (χ3n) is 3.03. The first-order chi connectivity index (χ1) is 8.76. The van der Waals surface area contributed by atoms with Crippen molar-refractivity contribution in [1.29, 1.82) is 0 Å². The summed E-state index contributed by atoms with van der Waals surface area (Å²) in [6.45, 7) is 4.35. The third-order valence-corrected chi connectivity index (χ3v) is 3.03. The summed E-state index contributed by atoms with van der Waals surface area (Å²) in [4.78, 5) is 0. The standard InChI is InChI=1S/C17H19/c1-3-16-11-10-15(13-17(16)4-2)12-14-8-6-5-7-9-14/h5-13H,3-4H2,1-2H3/i12D. The van der Waals surface area contributed by atoms with E-state index in [4.69, 9.17) is 1.37 Å². The number of aryl methyl sites for hydroxylation is 2. The zero-order valence-electron chi connectivity index (χ0n) is 11.5. The molecule has 17 heavy (non-hydrogen) atoms. The van der Waals surface area contributed by atoms with E-state index < -0.39 is 0 Å². The van der Waals surface area contributed by atoms with Gasteiger partial charge in [-0.2, -0.15) is 0 Å². The Morgan fingerprint density at radius 1 is 0.882 bits per heavy atom. The van der Waals surface area contributed by atoms with Gasteiger partial charge in [-0.15, -0.1) is 0 Å². The van der Waals surface area contributed by atoms with Gasteiger partial charge in [-0.05, 0) is 35.1 Å². The molecule has 0 aliphatic carbocycles. The van der Waals surface area contributed by atoms with Crippen LogP contribution in [-0.4, -0.2) is 0 Å². The molecule has 0 spiro atoms. The van der Waals surface area contributed by atoms with Crippen molar-refractivity contribution < 1.29 is 1.37 Å². The minimum atomic E-state index is 0.605. The van der Waals surface area contributed by atoms with E-state index in [1.165, 1.54) is 11.1 Å². The fourth-order valence-corrected chi connectivity index (χ4v) is 2.07. The molecular weight excluding hydrogens is 204 g/mol. The quantitative estimate of drug-likeness (QED) is 0.721. The summed E-state index contributed by atoms with van der Waals surface area (Å²) < 4.78 is 8.27. The third kappa shape index (κ3) is 2.97. The Morgan fingerprint density at radius 3 is 2.24 bits per heavy atom. The van der Waals surface area contributed by atoms with Crippen molar-refractivity contribution in [1.82, 2.24) is 0 Å². The molecule has 0 atom stereocenters. The summed E-state index contributed by atoms with van der Waals surface area (Å²) in [5.74, 6) is 0. The van der Waals surface area contributed by atoms with Gasteiger partial charge < -0.3 is 0 Å². The van der Waals surface area contributed by atoms with E-state index in [2.05, 4.69) is 32.0 Å². The summed E-state index contributed by atoms with van der Waals surface area (Å²) in [7, 11) is 0. The highest BCUT2D eigenvalue weighted by Crippen LogP contribution is 2.17. The van der Waals surface area contributed by atoms with E-state index in [-0.39, 0.29) is 0 Å². The van der Waals surface area contributed by atoms with Gasteiger partial charge in [-0.3, -0.25) is 0 Å². The molecule has 0 aliphatic rings. The van der Waals surface area contributed by atoms with Crippen molar-refractivity contribution in [2.24, 2.45) is 0 Å². The number of rotatable bonds is 4. The van der Waals surface area contributed by atoms with E-state index >= 15 is 0 Å². The van der Waals surface area contributed by atoms with E-state index in [1.54, 1.807) is 0 Å². The maximum atomic E-state index is 8.27. The highest BCUT2D eigenvalue weighted by atomic mass is 14.1. The van der Waals surface area contributed by atoms with E-state index in [0.29, 0.717) is 6.40 Å². The van der Waals surface area contributed by atoms with Crippen molar-refractivity contribution in [3.8, 4) is 0 Å². The molecule has 0 aromatic heterocycles. The molecule has 2 rings (SSSR count). The summed E-state index contributed by atoms with van der Waals surface area (Å²) in [6, 6.07) is 16.3.